The van der Waals surface area contributed by atoms with Gasteiger partial charge in [-0.15, -0.1) is 0 Å². The summed E-state index contributed by atoms with van der Waals surface area (Å²) < 4.78 is 4.80. The number of carbonyl (C=O) groups excluding carboxylic acids is 1. The lowest BCUT2D eigenvalue weighted by molar-refractivity contribution is -0.139. The first-order valence-electron chi connectivity index (χ1n) is 3.86. The van der Waals surface area contributed by atoms with Crippen LogP contribution in [-0.4, -0.2) is 25.2 Å². The Bertz CT molecular complexity index is 168. The standard InChI is InChI=1S/C8H16N2O2/c1-6(2)8(11)12-5-7(10)3-4-9/h7H,1,3-5,9-10H2,2H3. The molecule has 1 atom stereocenters. The van der Waals surface area contributed by atoms with Crippen LogP contribution in [0.4, 0.5) is 0 Å². The average molecular weight is 172 g/mol. The van der Waals surface area contributed by atoms with E-state index in [1.54, 1.807) is 6.92 Å². The van der Waals surface area contributed by atoms with Crippen molar-refractivity contribution in [2.75, 3.05) is 13.2 Å². The average Bonchev–Trinajstić information content (AvgIpc) is 2.00. The molecule has 0 rings (SSSR count). The van der Waals surface area contributed by atoms with Crippen molar-refractivity contribution in [1.82, 2.24) is 0 Å². The van der Waals surface area contributed by atoms with Gasteiger partial charge in [-0.1, -0.05) is 6.58 Å². The fraction of sp³-hybridized carbons (Fsp3) is 0.625. The molecule has 0 radical (unpaired) electrons. The van der Waals surface area contributed by atoms with Gasteiger partial charge in [-0.25, -0.2) is 4.79 Å². The van der Waals surface area contributed by atoms with Crippen LogP contribution in [0.2, 0.25) is 0 Å². The van der Waals surface area contributed by atoms with Crippen molar-refractivity contribution in [3.05, 3.63) is 12.2 Å². The summed E-state index contributed by atoms with van der Waals surface area (Å²) >= 11 is 0. The van der Waals surface area contributed by atoms with Gasteiger partial charge in [0.15, 0.2) is 0 Å². The third-order valence-electron chi connectivity index (χ3n) is 1.31. The Kier molecular flexibility index (Phi) is 5.32. The van der Waals surface area contributed by atoms with Gasteiger partial charge in [-0.3, -0.25) is 0 Å². The number of nitrogens with two attached hydrogens (primary N) is 2. The van der Waals surface area contributed by atoms with Crippen molar-refractivity contribution in [2.45, 2.75) is 19.4 Å². The Balaban J connectivity index is 3.54. The number of ether oxygens (including phenoxy) is 1. The highest BCUT2D eigenvalue weighted by Crippen LogP contribution is 1.94. The van der Waals surface area contributed by atoms with Gasteiger partial charge in [-0.2, -0.15) is 0 Å². The van der Waals surface area contributed by atoms with Crippen LogP contribution in [0, 0.1) is 0 Å². The molecule has 0 aromatic carbocycles. The second kappa shape index (κ2) is 5.74. The van der Waals surface area contributed by atoms with Crippen LogP contribution in [-0.2, 0) is 9.53 Å². The van der Waals surface area contributed by atoms with Crippen molar-refractivity contribution in [1.29, 1.82) is 0 Å². The van der Waals surface area contributed by atoms with Gasteiger partial charge < -0.3 is 16.2 Å². The summed E-state index contributed by atoms with van der Waals surface area (Å²) in [6.45, 7) is 5.75. The van der Waals surface area contributed by atoms with Crippen molar-refractivity contribution < 1.29 is 9.53 Å². The first kappa shape index (κ1) is 11.1. The van der Waals surface area contributed by atoms with E-state index in [2.05, 4.69) is 6.58 Å². The molecule has 0 saturated carbocycles. The largest absolute Gasteiger partial charge is 0.461 e. The van der Waals surface area contributed by atoms with E-state index in [4.69, 9.17) is 16.2 Å². The molecule has 0 aromatic rings. The summed E-state index contributed by atoms with van der Waals surface area (Å²) in [6.07, 6.45) is 0.656. The zero-order chi connectivity index (χ0) is 9.56. The summed E-state index contributed by atoms with van der Waals surface area (Å²) in [7, 11) is 0. The molecule has 0 aliphatic heterocycles. The lowest BCUT2D eigenvalue weighted by Gasteiger charge is -2.10. The summed E-state index contributed by atoms with van der Waals surface area (Å²) in [5, 5.41) is 0. The van der Waals surface area contributed by atoms with Crippen molar-refractivity contribution >= 4 is 5.97 Å². The van der Waals surface area contributed by atoms with E-state index in [0.29, 0.717) is 18.5 Å². The van der Waals surface area contributed by atoms with Crippen LogP contribution in [0.5, 0.6) is 0 Å². The quantitative estimate of drug-likeness (QED) is 0.444. The Labute approximate surface area is 72.6 Å². The van der Waals surface area contributed by atoms with E-state index in [1.807, 2.05) is 0 Å². The number of hydrogen-bond acceptors (Lipinski definition) is 4. The molecule has 0 fully saturated rings. The smallest absolute Gasteiger partial charge is 0.333 e. The second-order valence-corrected chi connectivity index (χ2v) is 2.72. The fourth-order valence-corrected chi connectivity index (χ4v) is 0.603. The molecule has 4 heteroatoms. The summed E-state index contributed by atoms with van der Waals surface area (Å²) in [5.41, 5.74) is 11.2. The molecule has 4 nitrogen and oxygen atoms in total. The molecular formula is C8H16N2O2. The minimum atomic E-state index is -0.400. The van der Waals surface area contributed by atoms with Crippen molar-refractivity contribution in [3.63, 3.8) is 0 Å². The van der Waals surface area contributed by atoms with Gasteiger partial charge in [0.25, 0.3) is 0 Å². The van der Waals surface area contributed by atoms with Crippen LogP contribution < -0.4 is 11.5 Å². The van der Waals surface area contributed by atoms with E-state index >= 15 is 0 Å². The lowest BCUT2D eigenvalue weighted by atomic mass is 10.2. The highest BCUT2D eigenvalue weighted by atomic mass is 16.5. The third kappa shape index (κ3) is 4.87. The third-order valence-corrected chi connectivity index (χ3v) is 1.31. The molecule has 0 spiro atoms. The Hall–Kier alpha value is -0.870. The van der Waals surface area contributed by atoms with E-state index < -0.39 is 5.97 Å². The highest BCUT2D eigenvalue weighted by Gasteiger charge is 2.06. The SMILES string of the molecule is C=C(C)C(=O)OCC(N)CCN. The molecule has 0 aliphatic rings. The van der Waals surface area contributed by atoms with E-state index in [1.165, 1.54) is 0 Å². The highest BCUT2D eigenvalue weighted by molar-refractivity contribution is 5.86. The maximum Gasteiger partial charge on any atom is 0.333 e. The van der Waals surface area contributed by atoms with Gasteiger partial charge in [0.2, 0.25) is 0 Å². The summed E-state index contributed by atoms with van der Waals surface area (Å²) in [6, 6.07) is -0.168. The zero-order valence-corrected chi connectivity index (χ0v) is 7.38. The number of rotatable bonds is 5. The minimum Gasteiger partial charge on any atom is -0.461 e. The predicted molar refractivity (Wildman–Crippen MR) is 47.4 cm³/mol. The lowest BCUT2D eigenvalue weighted by Crippen LogP contribution is -2.30. The monoisotopic (exact) mass is 172 g/mol. The molecule has 4 N–H and O–H groups in total. The molecule has 1 unspecified atom stereocenters. The molecule has 0 amide bonds. The van der Waals surface area contributed by atoms with Crippen LogP contribution in [0.3, 0.4) is 0 Å². The maximum absolute atomic E-state index is 10.8. The minimum absolute atomic E-state index is 0.168. The normalized spacial score (nSPS) is 12.2. The van der Waals surface area contributed by atoms with Crippen molar-refractivity contribution in [3.8, 4) is 0 Å². The number of carbonyl (C=O) groups is 1. The summed E-state index contributed by atoms with van der Waals surface area (Å²) in [5.74, 6) is -0.400. The molecule has 12 heavy (non-hydrogen) atoms. The van der Waals surface area contributed by atoms with Crippen LogP contribution >= 0.6 is 0 Å². The van der Waals surface area contributed by atoms with E-state index in [0.717, 1.165) is 0 Å². The van der Waals surface area contributed by atoms with Gasteiger partial charge in [0, 0.05) is 11.6 Å². The number of hydrogen-bond donors (Lipinski definition) is 2. The van der Waals surface area contributed by atoms with Gasteiger partial charge in [0.05, 0.1) is 0 Å². The molecule has 0 aromatic heterocycles. The first-order chi connectivity index (χ1) is 5.57. The molecule has 0 aliphatic carbocycles. The Morgan fingerprint density at radius 1 is 1.67 bits per heavy atom. The van der Waals surface area contributed by atoms with Crippen molar-refractivity contribution in [2.24, 2.45) is 11.5 Å². The Morgan fingerprint density at radius 2 is 2.25 bits per heavy atom. The zero-order valence-electron chi connectivity index (χ0n) is 7.38. The molecule has 0 saturated heterocycles. The first-order valence-corrected chi connectivity index (χ1v) is 3.86. The van der Waals surface area contributed by atoms with E-state index in [-0.39, 0.29) is 12.6 Å². The Morgan fingerprint density at radius 3 is 2.67 bits per heavy atom. The van der Waals surface area contributed by atoms with Gasteiger partial charge >= 0.3 is 5.97 Å². The van der Waals surface area contributed by atoms with E-state index in [9.17, 15) is 4.79 Å². The molecule has 0 bridgehead atoms. The number of esters is 1. The van der Waals surface area contributed by atoms with Gasteiger partial charge in [-0.05, 0) is 19.9 Å². The summed E-state index contributed by atoms with van der Waals surface area (Å²) in [4.78, 5) is 10.8. The van der Waals surface area contributed by atoms with Crippen LogP contribution in [0.1, 0.15) is 13.3 Å². The molecule has 0 heterocycles. The van der Waals surface area contributed by atoms with Crippen LogP contribution in [0.25, 0.3) is 0 Å². The maximum atomic E-state index is 10.8. The fourth-order valence-electron chi connectivity index (χ4n) is 0.603. The molecule has 70 valence electrons. The molecular weight excluding hydrogens is 156 g/mol. The van der Waals surface area contributed by atoms with Crippen LogP contribution in [0.15, 0.2) is 12.2 Å². The predicted octanol–water partition coefficient (Wildman–Crippen LogP) is -0.218. The topological polar surface area (TPSA) is 78.3 Å². The van der Waals surface area contributed by atoms with Gasteiger partial charge in [0.1, 0.15) is 6.61 Å². The second-order valence-electron chi connectivity index (χ2n) is 2.72.